The van der Waals surface area contributed by atoms with Gasteiger partial charge in [0, 0.05) is 31.3 Å². The Morgan fingerprint density at radius 2 is 2.19 bits per heavy atom. The molecule has 2 rings (SSSR count). The summed E-state index contributed by atoms with van der Waals surface area (Å²) in [6, 6.07) is 6.74. The number of sulfonamides is 1. The summed E-state index contributed by atoms with van der Waals surface area (Å²) in [5.41, 5.74) is 5.50. The van der Waals surface area contributed by atoms with Gasteiger partial charge in [0.1, 0.15) is 10.7 Å². The van der Waals surface area contributed by atoms with Gasteiger partial charge in [-0.2, -0.15) is 4.31 Å². The molecule has 0 fully saturated rings. The average Bonchev–Trinajstić information content (AvgIpc) is 2.96. The molecule has 2 N–H and O–H groups in total. The van der Waals surface area contributed by atoms with Crippen LogP contribution in [0, 0.1) is 0 Å². The monoisotopic (exact) mass is 327 g/mol. The second kappa shape index (κ2) is 6.99. The predicted molar refractivity (Wildman–Crippen MR) is 82.4 cm³/mol. The van der Waals surface area contributed by atoms with Crippen molar-refractivity contribution in [2.24, 2.45) is 0 Å². The molecule has 6 nitrogen and oxygen atoms in total. The highest BCUT2D eigenvalue weighted by Crippen LogP contribution is 2.20. The van der Waals surface area contributed by atoms with E-state index < -0.39 is 10.0 Å². The van der Waals surface area contributed by atoms with Crippen LogP contribution >= 0.6 is 11.3 Å². The minimum absolute atomic E-state index is 0.129. The quantitative estimate of drug-likeness (QED) is 0.834. The number of nitrogens with two attached hydrogens (primary N) is 1. The molecule has 21 heavy (non-hydrogen) atoms. The summed E-state index contributed by atoms with van der Waals surface area (Å²) in [4.78, 5) is 4.95. The summed E-state index contributed by atoms with van der Waals surface area (Å²) in [7, 11) is -2.08. The smallest absolute Gasteiger partial charge is 0.245 e. The lowest BCUT2D eigenvalue weighted by atomic mass is 10.4. The summed E-state index contributed by atoms with van der Waals surface area (Å²) < 4.78 is 31.7. The molecule has 0 aliphatic heterocycles. The molecule has 114 valence electrons. The van der Waals surface area contributed by atoms with Gasteiger partial charge in [-0.1, -0.05) is 6.07 Å². The van der Waals surface area contributed by atoms with E-state index >= 15 is 0 Å². The van der Waals surface area contributed by atoms with E-state index in [2.05, 4.69) is 4.98 Å². The maximum atomic E-state index is 12.7. The summed E-state index contributed by atoms with van der Waals surface area (Å²) in [6.07, 6.45) is 1.28. The second-order valence-corrected chi connectivity index (χ2v) is 7.30. The molecule has 0 radical (unpaired) electrons. The van der Waals surface area contributed by atoms with E-state index in [1.165, 1.54) is 34.0 Å². The van der Waals surface area contributed by atoms with Crippen molar-refractivity contribution in [1.29, 1.82) is 0 Å². The van der Waals surface area contributed by atoms with Crippen LogP contribution in [0.15, 0.2) is 40.7 Å². The molecule has 0 aromatic carbocycles. The SMILES string of the molecule is COCCN(Cc1cccs1)S(=O)(=O)c1ccc(N)nc1. The number of pyridine rings is 1. The van der Waals surface area contributed by atoms with Gasteiger partial charge in [0.2, 0.25) is 10.0 Å². The van der Waals surface area contributed by atoms with Crippen LogP contribution in [0.4, 0.5) is 5.82 Å². The molecule has 2 heterocycles. The number of nitrogens with zero attached hydrogens (tertiary/aromatic N) is 2. The van der Waals surface area contributed by atoms with Crippen LogP contribution in [0.2, 0.25) is 0 Å². The first kappa shape index (κ1) is 15.9. The Bertz CT molecular complexity index is 654. The molecule has 0 bridgehead atoms. The van der Waals surface area contributed by atoms with Crippen LogP contribution < -0.4 is 5.73 Å². The Labute approximate surface area is 128 Å². The Hall–Kier alpha value is -1.48. The molecule has 0 unspecified atom stereocenters. The first-order valence-electron chi connectivity index (χ1n) is 6.27. The van der Waals surface area contributed by atoms with Crippen molar-refractivity contribution >= 4 is 27.2 Å². The molecule has 0 aliphatic rings. The number of rotatable bonds is 7. The van der Waals surface area contributed by atoms with Gasteiger partial charge in [0.15, 0.2) is 0 Å². The lowest BCUT2D eigenvalue weighted by Gasteiger charge is -2.21. The van der Waals surface area contributed by atoms with Crippen molar-refractivity contribution in [3.63, 3.8) is 0 Å². The highest BCUT2D eigenvalue weighted by atomic mass is 32.2. The van der Waals surface area contributed by atoms with E-state index in [0.29, 0.717) is 13.2 Å². The molecule has 0 saturated carbocycles. The largest absolute Gasteiger partial charge is 0.384 e. The first-order chi connectivity index (χ1) is 10.0. The number of hydrogen-bond donors (Lipinski definition) is 1. The van der Waals surface area contributed by atoms with Gasteiger partial charge in [-0.25, -0.2) is 13.4 Å². The summed E-state index contributed by atoms with van der Waals surface area (Å²) in [5, 5.41) is 1.92. The van der Waals surface area contributed by atoms with E-state index in [4.69, 9.17) is 10.5 Å². The van der Waals surface area contributed by atoms with Crippen LogP contribution in [0.1, 0.15) is 4.88 Å². The van der Waals surface area contributed by atoms with Crippen LogP contribution in [0.25, 0.3) is 0 Å². The predicted octanol–water partition coefficient (Wildman–Crippen LogP) is 1.56. The highest BCUT2D eigenvalue weighted by Gasteiger charge is 2.25. The lowest BCUT2D eigenvalue weighted by molar-refractivity contribution is 0.177. The zero-order valence-corrected chi connectivity index (χ0v) is 13.2. The summed E-state index contributed by atoms with van der Waals surface area (Å²) in [6.45, 7) is 0.919. The maximum absolute atomic E-state index is 12.7. The number of nitrogen functional groups attached to an aromatic ring is 1. The van der Waals surface area contributed by atoms with Gasteiger partial charge in [-0.3, -0.25) is 0 Å². The Morgan fingerprint density at radius 3 is 2.76 bits per heavy atom. The van der Waals surface area contributed by atoms with Crippen LogP contribution in [-0.2, 0) is 21.3 Å². The molecule has 0 spiro atoms. The first-order valence-corrected chi connectivity index (χ1v) is 8.59. The van der Waals surface area contributed by atoms with Crippen LogP contribution in [-0.4, -0.2) is 38.0 Å². The molecule has 0 amide bonds. The molecular weight excluding hydrogens is 310 g/mol. The number of hydrogen-bond acceptors (Lipinski definition) is 6. The number of anilines is 1. The van der Waals surface area contributed by atoms with E-state index in [0.717, 1.165) is 4.88 Å². The van der Waals surface area contributed by atoms with Gasteiger partial charge < -0.3 is 10.5 Å². The molecule has 0 saturated heterocycles. The highest BCUT2D eigenvalue weighted by molar-refractivity contribution is 7.89. The number of thiophene rings is 1. The Morgan fingerprint density at radius 1 is 1.38 bits per heavy atom. The van der Waals surface area contributed by atoms with E-state index in [1.54, 1.807) is 7.11 Å². The zero-order valence-electron chi connectivity index (χ0n) is 11.6. The summed E-state index contributed by atoms with van der Waals surface area (Å²) >= 11 is 1.52. The normalized spacial score (nSPS) is 11.9. The number of methoxy groups -OCH3 is 1. The zero-order chi connectivity index (χ0) is 15.3. The third-order valence-electron chi connectivity index (χ3n) is 2.85. The number of aromatic nitrogens is 1. The van der Waals surface area contributed by atoms with Crippen molar-refractivity contribution in [1.82, 2.24) is 9.29 Å². The van der Waals surface area contributed by atoms with E-state index in [1.807, 2.05) is 17.5 Å². The topological polar surface area (TPSA) is 85.5 Å². The third kappa shape index (κ3) is 4.01. The van der Waals surface area contributed by atoms with Crippen LogP contribution in [0.3, 0.4) is 0 Å². The van der Waals surface area contributed by atoms with Gasteiger partial charge in [-0.15, -0.1) is 11.3 Å². The van der Waals surface area contributed by atoms with Crippen molar-refractivity contribution in [3.8, 4) is 0 Å². The summed E-state index contributed by atoms with van der Waals surface area (Å²) in [5.74, 6) is 0.288. The Balaban J connectivity index is 2.27. The van der Waals surface area contributed by atoms with E-state index in [9.17, 15) is 8.42 Å². The average molecular weight is 327 g/mol. The fraction of sp³-hybridized carbons (Fsp3) is 0.308. The van der Waals surface area contributed by atoms with Gasteiger partial charge in [-0.05, 0) is 23.6 Å². The van der Waals surface area contributed by atoms with Gasteiger partial charge >= 0.3 is 0 Å². The maximum Gasteiger partial charge on any atom is 0.245 e. The van der Waals surface area contributed by atoms with Crippen molar-refractivity contribution in [2.45, 2.75) is 11.4 Å². The lowest BCUT2D eigenvalue weighted by Crippen LogP contribution is -2.33. The van der Waals surface area contributed by atoms with Crippen molar-refractivity contribution in [3.05, 3.63) is 40.7 Å². The molecule has 8 heteroatoms. The molecular formula is C13H17N3O3S2. The van der Waals surface area contributed by atoms with Gasteiger partial charge in [0.05, 0.1) is 6.61 Å². The minimum atomic E-state index is -3.62. The molecule has 2 aromatic heterocycles. The third-order valence-corrected chi connectivity index (χ3v) is 5.54. The fourth-order valence-corrected chi connectivity index (χ4v) is 3.90. The van der Waals surface area contributed by atoms with Crippen LogP contribution in [0.5, 0.6) is 0 Å². The standard InChI is InChI=1S/C13H17N3O3S2/c1-19-7-6-16(10-11-3-2-8-20-11)21(17,18)12-4-5-13(14)15-9-12/h2-5,8-9H,6-7,10H2,1H3,(H2,14,15). The van der Waals surface area contributed by atoms with E-state index in [-0.39, 0.29) is 17.3 Å². The number of ether oxygens (including phenoxy) is 1. The second-order valence-electron chi connectivity index (χ2n) is 4.33. The van der Waals surface area contributed by atoms with Crippen molar-refractivity contribution in [2.75, 3.05) is 26.0 Å². The minimum Gasteiger partial charge on any atom is -0.384 e. The fourth-order valence-electron chi connectivity index (χ4n) is 1.75. The van der Waals surface area contributed by atoms with Crippen molar-refractivity contribution < 1.29 is 13.2 Å². The molecule has 2 aromatic rings. The molecule has 0 atom stereocenters. The Kier molecular flexibility index (Phi) is 5.29. The van der Waals surface area contributed by atoms with Gasteiger partial charge in [0.25, 0.3) is 0 Å². The molecule has 0 aliphatic carbocycles.